The number of aromatic nitrogens is 1. The van der Waals surface area contributed by atoms with Crippen molar-refractivity contribution in [2.75, 3.05) is 33.0 Å². The molecule has 0 aliphatic carbocycles. The van der Waals surface area contributed by atoms with Gasteiger partial charge in [0.25, 0.3) is 11.5 Å². The van der Waals surface area contributed by atoms with E-state index in [1.54, 1.807) is 24.3 Å². The summed E-state index contributed by atoms with van der Waals surface area (Å²) >= 11 is 1.23. The number of ketones is 1. The minimum atomic E-state index is -0.371. The van der Waals surface area contributed by atoms with Gasteiger partial charge in [-0.1, -0.05) is 48.5 Å². The van der Waals surface area contributed by atoms with Gasteiger partial charge in [-0.3, -0.25) is 19.0 Å². The minimum absolute atomic E-state index is 0.0160. The Hall–Kier alpha value is -3.53. The number of amides is 1. The number of thiophene rings is 1. The highest BCUT2D eigenvalue weighted by Crippen LogP contribution is 2.39. The molecule has 2 aromatic carbocycles. The van der Waals surface area contributed by atoms with Crippen LogP contribution >= 0.6 is 11.3 Å². The first kappa shape index (κ1) is 26.1. The summed E-state index contributed by atoms with van der Waals surface area (Å²) in [6.45, 7) is 3.87. The van der Waals surface area contributed by atoms with Crippen LogP contribution in [-0.2, 0) is 16.0 Å². The molecule has 0 bridgehead atoms. The number of rotatable bonds is 11. The summed E-state index contributed by atoms with van der Waals surface area (Å²) in [4.78, 5) is 40.8. The smallest absolute Gasteiger partial charge is 0.265 e. The highest BCUT2D eigenvalue weighted by atomic mass is 32.1. The summed E-state index contributed by atoms with van der Waals surface area (Å²) in [5.74, 6) is -0.268. The van der Waals surface area contributed by atoms with Crippen LogP contribution in [-0.4, -0.2) is 55.3 Å². The van der Waals surface area contributed by atoms with E-state index in [2.05, 4.69) is 5.32 Å². The Balaban J connectivity index is 1.60. The third-order valence-electron chi connectivity index (χ3n) is 6.56. The second kappa shape index (κ2) is 11.9. The van der Waals surface area contributed by atoms with E-state index in [0.717, 1.165) is 18.2 Å². The normalized spacial score (nSPS) is 15.2. The van der Waals surface area contributed by atoms with Gasteiger partial charge in [0.2, 0.25) is 0 Å². The fourth-order valence-corrected chi connectivity index (χ4v) is 5.87. The van der Waals surface area contributed by atoms with Crippen LogP contribution in [0.2, 0.25) is 0 Å². The van der Waals surface area contributed by atoms with Crippen molar-refractivity contribution < 1.29 is 23.8 Å². The van der Waals surface area contributed by atoms with Crippen LogP contribution in [0.5, 0.6) is 5.75 Å². The molecule has 1 saturated heterocycles. The number of Topliss-reactive ketones (excluding diaryl/α,β-unsaturated/α-hetero) is 1. The number of nitrogens with one attached hydrogen (secondary N) is 1. The maximum absolute atomic E-state index is 14.0. The number of benzene rings is 2. The summed E-state index contributed by atoms with van der Waals surface area (Å²) in [5, 5.41) is 4.03. The number of para-hydroxylation sites is 1. The molecule has 8 nitrogen and oxygen atoms in total. The third-order valence-corrected chi connectivity index (χ3v) is 7.76. The maximum Gasteiger partial charge on any atom is 0.265 e. The molecule has 1 aliphatic heterocycles. The van der Waals surface area contributed by atoms with Gasteiger partial charge in [-0.15, -0.1) is 11.3 Å². The molecule has 198 valence electrons. The molecule has 38 heavy (non-hydrogen) atoms. The Labute approximate surface area is 224 Å². The predicted molar refractivity (Wildman–Crippen MR) is 148 cm³/mol. The lowest BCUT2D eigenvalue weighted by Gasteiger charge is -2.13. The molecule has 2 aromatic heterocycles. The van der Waals surface area contributed by atoms with Gasteiger partial charge in [-0.25, -0.2) is 0 Å². The molecule has 3 heterocycles. The molecule has 0 saturated carbocycles. The van der Waals surface area contributed by atoms with E-state index >= 15 is 0 Å². The van der Waals surface area contributed by atoms with Crippen LogP contribution < -0.4 is 15.6 Å². The molecule has 1 unspecified atom stereocenters. The molecule has 0 spiro atoms. The van der Waals surface area contributed by atoms with Crippen molar-refractivity contribution in [2.45, 2.75) is 32.4 Å². The molecule has 9 heteroatoms. The van der Waals surface area contributed by atoms with E-state index in [4.69, 9.17) is 14.2 Å². The number of pyridine rings is 1. The first-order chi connectivity index (χ1) is 18.6. The van der Waals surface area contributed by atoms with Crippen molar-refractivity contribution in [1.82, 2.24) is 9.88 Å². The van der Waals surface area contributed by atoms with Crippen molar-refractivity contribution in [3.8, 4) is 5.75 Å². The summed E-state index contributed by atoms with van der Waals surface area (Å²) < 4.78 is 19.2. The number of carbonyl (C=O) groups is 2. The van der Waals surface area contributed by atoms with Gasteiger partial charge in [0, 0.05) is 30.7 Å². The average molecular weight is 535 g/mol. The SMILES string of the molecule is CCOCCOc1c(C(=O)NCC2CCCO2)sc2c1c(=O)n(CC(=O)c1ccccc1)c1ccccc21. The monoisotopic (exact) mass is 534 g/mol. The number of ether oxygens (including phenoxy) is 3. The van der Waals surface area contributed by atoms with Crippen molar-refractivity contribution >= 4 is 44.0 Å². The second-order valence-corrected chi connectivity index (χ2v) is 10.1. The van der Waals surface area contributed by atoms with Crippen LogP contribution in [0, 0.1) is 0 Å². The van der Waals surface area contributed by atoms with Crippen LogP contribution in [0.4, 0.5) is 0 Å². The molecule has 0 radical (unpaired) electrons. The van der Waals surface area contributed by atoms with Crippen LogP contribution in [0.25, 0.3) is 21.0 Å². The molecule has 1 amide bonds. The first-order valence-electron chi connectivity index (χ1n) is 12.8. The fraction of sp³-hybridized carbons (Fsp3) is 0.345. The van der Waals surface area contributed by atoms with Crippen LogP contribution in [0.3, 0.4) is 0 Å². The highest BCUT2D eigenvalue weighted by molar-refractivity contribution is 7.22. The largest absolute Gasteiger partial charge is 0.489 e. The number of hydrogen-bond donors (Lipinski definition) is 1. The highest BCUT2D eigenvalue weighted by Gasteiger charge is 2.27. The van der Waals surface area contributed by atoms with Gasteiger partial charge in [-0.05, 0) is 25.8 Å². The van der Waals surface area contributed by atoms with Crippen molar-refractivity contribution in [2.24, 2.45) is 0 Å². The van der Waals surface area contributed by atoms with E-state index in [-0.39, 0.29) is 42.3 Å². The van der Waals surface area contributed by atoms with E-state index in [0.29, 0.717) is 52.4 Å². The fourth-order valence-electron chi connectivity index (χ4n) is 4.69. The predicted octanol–water partition coefficient (Wildman–Crippen LogP) is 4.42. The second-order valence-electron chi connectivity index (χ2n) is 9.05. The van der Waals surface area contributed by atoms with Crippen LogP contribution in [0.15, 0.2) is 59.4 Å². The van der Waals surface area contributed by atoms with Gasteiger partial charge in [0.1, 0.15) is 16.9 Å². The molecule has 5 rings (SSSR count). The van der Waals surface area contributed by atoms with Crippen molar-refractivity contribution in [1.29, 1.82) is 0 Å². The van der Waals surface area contributed by atoms with E-state index in [1.165, 1.54) is 15.9 Å². The summed E-state index contributed by atoms with van der Waals surface area (Å²) in [6, 6.07) is 16.3. The average Bonchev–Trinajstić information content (AvgIpc) is 3.61. The molecule has 1 fully saturated rings. The zero-order chi connectivity index (χ0) is 26.5. The number of carbonyl (C=O) groups excluding carboxylic acids is 2. The van der Waals surface area contributed by atoms with E-state index in [1.807, 2.05) is 37.3 Å². The lowest BCUT2D eigenvalue weighted by atomic mass is 10.1. The van der Waals surface area contributed by atoms with Gasteiger partial charge >= 0.3 is 0 Å². The summed E-state index contributed by atoms with van der Waals surface area (Å²) in [7, 11) is 0. The van der Waals surface area contributed by atoms with E-state index < -0.39 is 0 Å². The topological polar surface area (TPSA) is 95.9 Å². The maximum atomic E-state index is 14.0. The van der Waals surface area contributed by atoms with E-state index in [9.17, 15) is 14.4 Å². The number of nitrogens with zero attached hydrogens (tertiary/aromatic N) is 1. The zero-order valence-corrected chi connectivity index (χ0v) is 22.1. The standard InChI is InChI=1S/C29H30N2O6S/c1-2-35-15-16-37-25-24-26(38-27(25)28(33)30-17-20-11-8-14-36-20)21-12-6-7-13-22(21)31(29(24)34)18-23(32)19-9-4-3-5-10-19/h3-7,9-10,12-13,20H,2,8,11,14-18H2,1H3,(H,30,33). The Kier molecular flexibility index (Phi) is 8.17. The molecule has 1 aliphatic rings. The Morgan fingerprint density at radius 1 is 1.11 bits per heavy atom. The van der Waals surface area contributed by atoms with Gasteiger partial charge in [0.05, 0.1) is 29.5 Å². The lowest BCUT2D eigenvalue weighted by Crippen LogP contribution is -2.31. The Morgan fingerprint density at radius 3 is 2.66 bits per heavy atom. The van der Waals surface area contributed by atoms with Gasteiger partial charge in [0.15, 0.2) is 11.5 Å². The number of hydrogen-bond acceptors (Lipinski definition) is 7. The van der Waals surface area contributed by atoms with Crippen LogP contribution in [0.1, 0.15) is 39.8 Å². The van der Waals surface area contributed by atoms with Gasteiger partial charge in [-0.2, -0.15) is 0 Å². The Bertz CT molecular complexity index is 1500. The van der Waals surface area contributed by atoms with Crippen molar-refractivity contribution in [3.05, 3.63) is 75.4 Å². The zero-order valence-electron chi connectivity index (χ0n) is 21.2. The van der Waals surface area contributed by atoms with Crippen molar-refractivity contribution in [3.63, 3.8) is 0 Å². The Morgan fingerprint density at radius 2 is 1.89 bits per heavy atom. The molecular weight excluding hydrogens is 504 g/mol. The lowest BCUT2D eigenvalue weighted by molar-refractivity contribution is 0.0852. The molecule has 4 aromatic rings. The van der Waals surface area contributed by atoms with Gasteiger partial charge < -0.3 is 19.5 Å². The minimum Gasteiger partial charge on any atom is -0.489 e. The molecular formula is C29H30N2O6S. The molecule has 1 atom stereocenters. The third kappa shape index (κ3) is 5.36. The summed E-state index contributed by atoms with van der Waals surface area (Å²) in [6.07, 6.45) is 1.86. The quantitative estimate of drug-likeness (QED) is 0.226. The first-order valence-corrected chi connectivity index (χ1v) is 13.7. The summed E-state index contributed by atoms with van der Waals surface area (Å²) in [5.41, 5.74) is 0.780. The molecule has 1 N–H and O–H groups in total. The number of fused-ring (bicyclic) bond motifs is 3.